The van der Waals surface area contributed by atoms with Crippen molar-refractivity contribution in [3.63, 3.8) is 0 Å². The van der Waals surface area contributed by atoms with Crippen molar-refractivity contribution in [2.24, 2.45) is 0 Å². The Hall–Kier alpha value is -3.84. The Morgan fingerprint density at radius 2 is 1.25 bits per heavy atom. The van der Waals surface area contributed by atoms with E-state index in [-0.39, 0.29) is 0 Å². The molecule has 0 amide bonds. The van der Waals surface area contributed by atoms with Gasteiger partial charge in [0.2, 0.25) is 0 Å². The van der Waals surface area contributed by atoms with E-state index in [0.717, 1.165) is 0 Å². The third-order valence-electron chi connectivity index (χ3n) is 7.15. The highest BCUT2D eigenvalue weighted by molar-refractivity contribution is 6.31. The van der Waals surface area contributed by atoms with Gasteiger partial charge in [-0.2, -0.15) is 0 Å². The number of aryl methyl sites for hydroxylation is 3. The minimum atomic E-state index is 1.29. The number of aromatic nitrogens is 1. The summed E-state index contributed by atoms with van der Waals surface area (Å²) in [6.07, 6.45) is 0. The topological polar surface area (TPSA) is 4.41 Å². The van der Waals surface area contributed by atoms with Crippen LogP contribution >= 0.6 is 0 Å². The fourth-order valence-corrected chi connectivity index (χ4v) is 6.04. The number of nitrogens with zero attached hydrogens (tertiary/aromatic N) is 1. The number of hydrogen-bond donors (Lipinski definition) is 0. The third kappa shape index (κ3) is 2.18. The molecule has 0 atom stereocenters. The molecule has 0 saturated carbocycles. The van der Waals surface area contributed by atoms with Crippen molar-refractivity contribution in [1.29, 1.82) is 0 Å². The molecule has 2 aromatic heterocycles. The monoisotopic (exact) mass is 409 g/mol. The lowest BCUT2D eigenvalue weighted by atomic mass is 9.92. The normalized spacial score (nSPS) is 12.2. The van der Waals surface area contributed by atoms with Gasteiger partial charge in [0.05, 0.1) is 16.6 Å². The minimum Gasteiger partial charge on any atom is -0.308 e. The molecule has 0 aliphatic rings. The molecular formula is C31H23N. The van der Waals surface area contributed by atoms with Crippen LogP contribution in [0.2, 0.25) is 0 Å². The fourth-order valence-electron chi connectivity index (χ4n) is 6.04. The minimum absolute atomic E-state index is 1.29. The maximum Gasteiger partial charge on any atom is 0.0626 e. The Balaban J connectivity index is 1.72. The van der Waals surface area contributed by atoms with Crippen molar-refractivity contribution in [2.45, 2.75) is 20.8 Å². The molecule has 0 bridgehead atoms. The first kappa shape index (κ1) is 17.8. The van der Waals surface area contributed by atoms with Crippen LogP contribution in [0.1, 0.15) is 16.7 Å². The van der Waals surface area contributed by atoms with Crippen LogP contribution in [0.4, 0.5) is 0 Å². The van der Waals surface area contributed by atoms with Crippen molar-refractivity contribution in [2.75, 3.05) is 0 Å². The predicted molar refractivity (Wildman–Crippen MR) is 138 cm³/mol. The molecule has 0 saturated heterocycles. The molecule has 0 N–H and O–H groups in total. The van der Waals surface area contributed by atoms with E-state index >= 15 is 0 Å². The first-order chi connectivity index (χ1) is 15.6. The SMILES string of the molecule is Cc1cc(C)c(-c2ccc3c(c2)c2c4ccccc4cc4c5ccccc5n3c42)c(C)c1. The lowest BCUT2D eigenvalue weighted by molar-refractivity contribution is 1.32. The Labute approximate surface area is 186 Å². The van der Waals surface area contributed by atoms with Crippen LogP contribution in [0.25, 0.3) is 60.0 Å². The number of fused-ring (bicyclic) bond motifs is 8. The van der Waals surface area contributed by atoms with Gasteiger partial charge in [0.15, 0.2) is 0 Å². The van der Waals surface area contributed by atoms with Gasteiger partial charge in [-0.15, -0.1) is 0 Å². The van der Waals surface area contributed by atoms with Crippen molar-refractivity contribution in [3.8, 4) is 11.1 Å². The second-order valence-electron chi connectivity index (χ2n) is 9.23. The zero-order valence-corrected chi connectivity index (χ0v) is 18.5. The van der Waals surface area contributed by atoms with E-state index in [1.165, 1.54) is 76.7 Å². The molecule has 0 aliphatic carbocycles. The van der Waals surface area contributed by atoms with Gasteiger partial charge in [-0.25, -0.2) is 0 Å². The van der Waals surface area contributed by atoms with Gasteiger partial charge < -0.3 is 4.40 Å². The Kier molecular flexibility index (Phi) is 3.40. The van der Waals surface area contributed by atoms with Gasteiger partial charge >= 0.3 is 0 Å². The molecule has 1 nitrogen and oxygen atoms in total. The van der Waals surface area contributed by atoms with E-state index in [2.05, 4.69) is 110 Å². The maximum absolute atomic E-state index is 2.47. The van der Waals surface area contributed by atoms with Gasteiger partial charge in [0, 0.05) is 21.5 Å². The summed E-state index contributed by atoms with van der Waals surface area (Å²) in [5.74, 6) is 0. The lowest BCUT2D eigenvalue weighted by Crippen LogP contribution is -1.90. The van der Waals surface area contributed by atoms with Gasteiger partial charge in [0.1, 0.15) is 0 Å². The van der Waals surface area contributed by atoms with Gasteiger partial charge in [-0.1, -0.05) is 66.2 Å². The molecule has 152 valence electrons. The highest BCUT2D eigenvalue weighted by Crippen LogP contribution is 2.44. The largest absolute Gasteiger partial charge is 0.308 e. The number of para-hydroxylation sites is 1. The van der Waals surface area contributed by atoms with Crippen molar-refractivity contribution >= 4 is 48.9 Å². The molecule has 7 rings (SSSR count). The summed E-state index contributed by atoms with van der Waals surface area (Å²) in [5, 5.41) is 8.01. The number of rotatable bonds is 1. The van der Waals surface area contributed by atoms with E-state index in [1.807, 2.05) is 0 Å². The van der Waals surface area contributed by atoms with Crippen molar-refractivity contribution in [3.05, 3.63) is 102 Å². The van der Waals surface area contributed by atoms with Crippen molar-refractivity contribution < 1.29 is 0 Å². The smallest absolute Gasteiger partial charge is 0.0626 e. The van der Waals surface area contributed by atoms with Crippen LogP contribution in [0.3, 0.4) is 0 Å². The van der Waals surface area contributed by atoms with E-state index in [1.54, 1.807) is 0 Å². The van der Waals surface area contributed by atoms with Crippen LogP contribution in [-0.2, 0) is 0 Å². The molecule has 5 aromatic carbocycles. The lowest BCUT2D eigenvalue weighted by Gasteiger charge is -2.12. The van der Waals surface area contributed by atoms with Crippen LogP contribution in [0.15, 0.2) is 84.9 Å². The van der Waals surface area contributed by atoms with Gasteiger partial charge in [-0.05, 0) is 78.1 Å². The zero-order chi connectivity index (χ0) is 21.6. The highest BCUT2D eigenvalue weighted by Gasteiger charge is 2.20. The summed E-state index contributed by atoms with van der Waals surface area (Å²) < 4.78 is 2.47. The molecule has 0 spiro atoms. The summed E-state index contributed by atoms with van der Waals surface area (Å²) in [5.41, 5.74) is 10.6. The molecule has 0 unspecified atom stereocenters. The summed E-state index contributed by atoms with van der Waals surface area (Å²) in [6, 6.07) is 31.6. The Morgan fingerprint density at radius 1 is 0.562 bits per heavy atom. The Morgan fingerprint density at radius 3 is 2.06 bits per heavy atom. The summed E-state index contributed by atoms with van der Waals surface area (Å²) in [7, 11) is 0. The maximum atomic E-state index is 2.47. The molecule has 2 heterocycles. The molecule has 0 aliphatic heterocycles. The molecule has 7 aromatic rings. The first-order valence-corrected chi connectivity index (χ1v) is 11.3. The number of hydrogen-bond acceptors (Lipinski definition) is 0. The second-order valence-corrected chi connectivity index (χ2v) is 9.23. The first-order valence-electron chi connectivity index (χ1n) is 11.3. The fraction of sp³-hybridized carbons (Fsp3) is 0.0968. The summed E-state index contributed by atoms with van der Waals surface area (Å²) >= 11 is 0. The average Bonchev–Trinajstić information content (AvgIpc) is 3.29. The number of benzene rings is 5. The van der Waals surface area contributed by atoms with E-state index < -0.39 is 0 Å². The Bertz CT molecular complexity index is 1830. The van der Waals surface area contributed by atoms with Crippen molar-refractivity contribution in [1.82, 2.24) is 4.40 Å². The summed E-state index contributed by atoms with van der Waals surface area (Å²) in [4.78, 5) is 0. The second kappa shape index (κ2) is 6.11. The van der Waals surface area contributed by atoms with Crippen LogP contribution in [0, 0.1) is 20.8 Å². The van der Waals surface area contributed by atoms with Crippen LogP contribution in [0.5, 0.6) is 0 Å². The predicted octanol–water partition coefficient (Wildman–Crippen LogP) is 8.58. The van der Waals surface area contributed by atoms with Gasteiger partial charge in [-0.3, -0.25) is 0 Å². The van der Waals surface area contributed by atoms with Crippen LogP contribution in [-0.4, -0.2) is 4.40 Å². The third-order valence-corrected chi connectivity index (χ3v) is 7.15. The van der Waals surface area contributed by atoms with E-state index in [4.69, 9.17) is 0 Å². The molecule has 1 heteroatoms. The zero-order valence-electron chi connectivity index (χ0n) is 18.5. The molecular weight excluding hydrogens is 386 g/mol. The average molecular weight is 410 g/mol. The molecule has 32 heavy (non-hydrogen) atoms. The van der Waals surface area contributed by atoms with Gasteiger partial charge in [0.25, 0.3) is 0 Å². The molecule has 0 fully saturated rings. The van der Waals surface area contributed by atoms with E-state index in [9.17, 15) is 0 Å². The molecule has 0 radical (unpaired) electrons. The van der Waals surface area contributed by atoms with E-state index in [0.29, 0.717) is 0 Å². The standard InChI is InChI=1S/C31H23N/c1-18-14-19(2)29(20(3)15-18)22-12-13-28-26(17-22)30-23-9-5-4-8-21(23)16-25-24-10-6-7-11-27(24)32(28)31(25)30/h4-17H,1-3H3. The van der Waals surface area contributed by atoms with Crippen LogP contribution < -0.4 is 0 Å². The quantitative estimate of drug-likeness (QED) is 0.256. The highest BCUT2D eigenvalue weighted by atomic mass is 14.9. The summed E-state index contributed by atoms with van der Waals surface area (Å²) in [6.45, 7) is 6.64.